The van der Waals surface area contributed by atoms with Gasteiger partial charge in [0.15, 0.2) is 11.5 Å². The fourth-order valence-corrected chi connectivity index (χ4v) is 4.22. The van der Waals surface area contributed by atoms with Gasteiger partial charge in [-0.05, 0) is 105 Å². The molecule has 0 saturated heterocycles. The topological polar surface area (TPSA) is 71.3 Å². The molecule has 1 N–H and O–H groups in total. The van der Waals surface area contributed by atoms with Crippen LogP contribution in [-0.2, 0) is 11.4 Å². The third-order valence-electron chi connectivity index (χ3n) is 4.39. The minimum atomic E-state index is -0.497. The molecule has 0 aromatic heterocycles. The van der Waals surface area contributed by atoms with Gasteiger partial charge in [-0.25, -0.2) is 0 Å². The van der Waals surface area contributed by atoms with Crippen molar-refractivity contribution >= 4 is 72.1 Å². The summed E-state index contributed by atoms with van der Waals surface area (Å²) >= 11 is 9.16. The number of carbonyl (C=O) groups is 1. The van der Waals surface area contributed by atoms with Gasteiger partial charge in [-0.1, -0.05) is 34.1 Å². The van der Waals surface area contributed by atoms with Crippen molar-refractivity contribution in [2.24, 2.45) is 0 Å². The molecule has 8 heteroatoms. The van der Waals surface area contributed by atoms with Crippen molar-refractivity contribution in [2.45, 2.75) is 13.5 Å². The van der Waals surface area contributed by atoms with Gasteiger partial charge < -0.3 is 14.8 Å². The van der Waals surface area contributed by atoms with Gasteiger partial charge in [0.2, 0.25) is 0 Å². The van der Waals surface area contributed by atoms with E-state index in [4.69, 9.17) is 9.47 Å². The molecular formula is C25H19Br2IN2O3. The first kappa shape index (κ1) is 25.3. The highest BCUT2D eigenvalue weighted by atomic mass is 127. The molecule has 1 amide bonds. The average Bonchev–Trinajstić information content (AvgIpc) is 2.78. The van der Waals surface area contributed by atoms with Crippen LogP contribution in [0.4, 0.5) is 5.69 Å². The molecule has 3 aromatic rings. The number of halogens is 3. The second-order valence-electron chi connectivity index (χ2n) is 6.81. The maximum Gasteiger partial charge on any atom is 0.266 e. The maximum atomic E-state index is 12.6. The Labute approximate surface area is 223 Å². The summed E-state index contributed by atoms with van der Waals surface area (Å²) in [4.78, 5) is 12.6. The zero-order chi connectivity index (χ0) is 23.8. The van der Waals surface area contributed by atoms with E-state index in [1.807, 2.05) is 43.3 Å². The number of hydrogen-bond acceptors (Lipinski definition) is 4. The number of nitrogens with zero attached hydrogens (tertiary/aromatic N) is 1. The molecule has 0 aliphatic rings. The number of nitriles is 1. The van der Waals surface area contributed by atoms with Crippen LogP contribution in [0.25, 0.3) is 6.08 Å². The number of ether oxygens (including phenoxy) is 2. The summed E-state index contributed by atoms with van der Waals surface area (Å²) in [5, 5.41) is 12.3. The molecule has 0 fully saturated rings. The number of benzene rings is 3. The highest BCUT2D eigenvalue weighted by molar-refractivity contribution is 14.1. The fraction of sp³-hybridized carbons (Fsp3) is 0.120. The zero-order valence-electron chi connectivity index (χ0n) is 17.6. The molecule has 3 rings (SSSR count). The Balaban J connectivity index is 1.84. The smallest absolute Gasteiger partial charge is 0.266 e. The van der Waals surface area contributed by atoms with Gasteiger partial charge in [0, 0.05) is 13.7 Å². The van der Waals surface area contributed by atoms with Crippen LogP contribution < -0.4 is 14.8 Å². The van der Waals surface area contributed by atoms with E-state index in [2.05, 4.69) is 59.8 Å². The lowest BCUT2D eigenvalue weighted by molar-refractivity contribution is -0.112. The minimum Gasteiger partial charge on any atom is -0.490 e. The molecule has 0 aliphatic carbocycles. The van der Waals surface area contributed by atoms with Gasteiger partial charge in [0.05, 0.1) is 11.1 Å². The third-order valence-corrected chi connectivity index (χ3v) is 6.19. The molecule has 0 saturated carbocycles. The Kier molecular flexibility index (Phi) is 9.35. The van der Waals surface area contributed by atoms with Crippen molar-refractivity contribution in [3.05, 3.63) is 89.9 Å². The normalized spacial score (nSPS) is 10.9. The van der Waals surface area contributed by atoms with E-state index in [0.717, 1.165) is 13.6 Å². The Bertz CT molecular complexity index is 1220. The molecular weight excluding hydrogens is 663 g/mol. The van der Waals surface area contributed by atoms with Crippen LogP contribution in [0.5, 0.6) is 11.5 Å². The lowest BCUT2D eigenvalue weighted by atomic mass is 10.1. The van der Waals surface area contributed by atoms with Crippen molar-refractivity contribution in [3.8, 4) is 17.6 Å². The molecule has 0 radical (unpaired) electrons. The largest absolute Gasteiger partial charge is 0.490 e. The van der Waals surface area contributed by atoms with Crippen LogP contribution >= 0.6 is 54.5 Å². The first-order chi connectivity index (χ1) is 15.9. The number of rotatable bonds is 8. The summed E-state index contributed by atoms with van der Waals surface area (Å²) in [6.07, 6.45) is 1.52. The van der Waals surface area contributed by atoms with Crippen molar-refractivity contribution < 1.29 is 14.3 Å². The summed E-state index contributed by atoms with van der Waals surface area (Å²) in [6.45, 7) is 2.70. The Morgan fingerprint density at radius 3 is 2.55 bits per heavy atom. The lowest BCUT2D eigenvalue weighted by Gasteiger charge is -2.15. The molecule has 0 unspecified atom stereocenters. The number of anilines is 1. The summed E-state index contributed by atoms with van der Waals surface area (Å²) in [6, 6.07) is 20.7. The van der Waals surface area contributed by atoms with Gasteiger partial charge in [0.25, 0.3) is 5.91 Å². The molecule has 0 heterocycles. The van der Waals surface area contributed by atoms with E-state index in [0.29, 0.717) is 40.4 Å². The second-order valence-corrected chi connectivity index (χ2v) is 9.83. The standard InChI is InChI=1S/C25H19Br2IN2O3/c1-2-32-23-12-17(10-18(14-29)25(31)30-21-5-3-4-19(26)13-21)11-22(27)24(23)33-15-16-6-8-20(28)9-7-16/h3-13H,2,15H2,1H3,(H,30,31)/b18-10-. The summed E-state index contributed by atoms with van der Waals surface area (Å²) in [7, 11) is 0. The van der Waals surface area contributed by atoms with E-state index in [1.165, 1.54) is 6.08 Å². The van der Waals surface area contributed by atoms with Crippen molar-refractivity contribution in [2.75, 3.05) is 11.9 Å². The molecule has 33 heavy (non-hydrogen) atoms. The average molecular weight is 682 g/mol. The minimum absolute atomic E-state index is 0.0307. The Morgan fingerprint density at radius 2 is 1.88 bits per heavy atom. The predicted molar refractivity (Wildman–Crippen MR) is 145 cm³/mol. The van der Waals surface area contributed by atoms with Crippen LogP contribution in [0.3, 0.4) is 0 Å². The van der Waals surface area contributed by atoms with Gasteiger partial charge in [-0.15, -0.1) is 0 Å². The molecule has 3 aromatic carbocycles. The third kappa shape index (κ3) is 7.32. The molecule has 5 nitrogen and oxygen atoms in total. The van der Waals surface area contributed by atoms with Crippen LogP contribution in [0, 0.1) is 14.9 Å². The zero-order valence-corrected chi connectivity index (χ0v) is 22.9. The van der Waals surface area contributed by atoms with E-state index in [1.54, 1.807) is 30.3 Å². The summed E-state index contributed by atoms with van der Waals surface area (Å²) in [5.74, 6) is 0.585. The second kappa shape index (κ2) is 12.2. The SMILES string of the molecule is CCOc1cc(/C=C(/C#N)C(=O)Nc2cccc(Br)c2)cc(Br)c1OCc1ccc(I)cc1. The van der Waals surface area contributed by atoms with Crippen molar-refractivity contribution in [3.63, 3.8) is 0 Å². The van der Waals surface area contributed by atoms with Crippen LogP contribution in [0.1, 0.15) is 18.1 Å². The highest BCUT2D eigenvalue weighted by Crippen LogP contribution is 2.38. The quantitative estimate of drug-likeness (QED) is 0.154. The Hall–Kier alpha value is -2.35. The molecule has 0 atom stereocenters. The summed E-state index contributed by atoms with van der Waals surface area (Å²) < 4.78 is 14.4. The lowest BCUT2D eigenvalue weighted by Crippen LogP contribution is -2.13. The molecule has 0 aliphatic heterocycles. The van der Waals surface area contributed by atoms with E-state index < -0.39 is 5.91 Å². The van der Waals surface area contributed by atoms with Crippen molar-refractivity contribution in [1.29, 1.82) is 5.26 Å². The molecule has 168 valence electrons. The number of amides is 1. The van der Waals surface area contributed by atoms with Gasteiger partial charge in [-0.2, -0.15) is 5.26 Å². The van der Waals surface area contributed by atoms with Crippen LogP contribution in [-0.4, -0.2) is 12.5 Å². The molecule has 0 spiro atoms. The monoisotopic (exact) mass is 680 g/mol. The predicted octanol–water partition coefficient (Wildman–Crippen LogP) is 7.34. The highest BCUT2D eigenvalue weighted by Gasteiger charge is 2.15. The molecule has 0 bridgehead atoms. The van der Waals surface area contributed by atoms with Crippen molar-refractivity contribution in [1.82, 2.24) is 0 Å². The number of hydrogen-bond donors (Lipinski definition) is 1. The Morgan fingerprint density at radius 1 is 1.12 bits per heavy atom. The summed E-state index contributed by atoms with van der Waals surface area (Å²) in [5.41, 5.74) is 2.22. The van der Waals surface area contributed by atoms with Gasteiger partial charge in [0.1, 0.15) is 18.2 Å². The van der Waals surface area contributed by atoms with Crippen LogP contribution in [0.15, 0.2) is 75.2 Å². The van der Waals surface area contributed by atoms with Crippen LogP contribution in [0.2, 0.25) is 0 Å². The van der Waals surface area contributed by atoms with E-state index >= 15 is 0 Å². The van der Waals surface area contributed by atoms with Gasteiger partial charge in [-0.3, -0.25) is 4.79 Å². The fourth-order valence-electron chi connectivity index (χ4n) is 2.89. The van der Waals surface area contributed by atoms with Gasteiger partial charge >= 0.3 is 0 Å². The maximum absolute atomic E-state index is 12.6. The van der Waals surface area contributed by atoms with E-state index in [9.17, 15) is 10.1 Å². The number of nitrogens with one attached hydrogen (secondary N) is 1. The number of carbonyl (C=O) groups excluding carboxylic acids is 1. The first-order valence-corrected chi connectivity index (χ1v) is 12.6. The first-order valence-electron chi connectivity index (χ1n) is 9.92. The van der Waals surface area contributed by atoms with E-state index in [-0.39, 0.29) is 5.57 Å².